The molecule has 42 heavy (non-hydrogen) atoms. The molecular formula is C32H34N8O2. The number of carbonyl (C=O) groups excluding carboxylic acids is 1. The summed E-state index contributed by atoms with van der Waals surface area (Å²) in [5, 5.41) is 10.0. The molecule has 10 nitrogen and oxygen atoms in total. The summed E-state index contributed by atoms with van der Waals surface area (Å²) >= 11 is 0. The number of anilines is 1. The quantitative estimate of drug-likeness (QED) is 0.236. The highest BCUT2D eigenvalue weighted by Gasteiger charge is 2.24. The van der Waals surface area contributed by atoms with E-state index in [1.165, 1.54) is 6.33 Å². The van der Waals surface area contributed by atoms with E-state index in [4.69, 9.17) is 4.84 Å². The van der Waals surface area contributed by atoms with Gasteiger partial charge in [0, 0.05) is 36.3 Å². The molecule has 0 radical (unpaired) electrons. The number of carbonyl (C=O) groups is 1. The lowest BCUT2D eigenvalue weighted by atomic mass is 10.1. The smallest absolute Gasteiger partial charge is 0.244 e. The van der Waals surface area contributed by atoms with E-state index >= 15 is 0 Å². The molecule has 0 aliphatic rings. The second-order valence-corrected chi connectivity index (χ2v) is 11.3. The van der Waals surface area contributed by atoms with Gasteiger partial charge in [-0.15, -0.1) is 0 Å². The Morgan fingerprint density at radius 3 is 2.60 bits per heavy atom. The van der Waals surface area contributed by atoms with Crippen molar-refractivity contribution in [1.82, 2.24) is 34.8 Å². The molecule has 1 aromatic carbocycles. The van der Waals surface area contributed by atoms with E-state index in [1.54, 1.807) is 29.8 Å². The minimum Gasteiger partial charge on any atom is -0.309 e. The molecule has 214 valence electrons. The van der Waals surface area contributed by atoms with Crippen LogP contribution in [0.1, 0.15) is 50.3 Å². The summed E-state index contributed by atoms with van der Waals surface area (Å²) in [4.78, 5) is 37.3. The zero-order valence-corrected chi connectivity index (χ0v) is 25.1. The van der Waals surface area contributed by atoms with Crippen LogP contribution >= 0.6 is 0 Å². The van der Waals surface area contributed by atoms with Crippen molar-refractivity contribution in [1.29, 1.82) is 0 Å². The van der Waals surface area contributed by atoms with Gasteiger partial charge in [-0.2, -0.15) is 10.2 Å². The molecule has 5 rings (SSSR count). The lowest BCUT2D eigenvalue weighted by molar-refractivity contribution is -0.229. The van der Waals surface area contributed by atoms with Crippen LogP contribution in [0.15, 0.2) is 48.8 Å². The van der Waals surface area contributed by atoms with Crippen LogP contribution in [0.3, 0.4) is 0 Å². The SMILES string of the molecule is Cc1ccc2cc(C#Cc3cc(-c4ncnc5c(C)nn(C)c45)cc(NC(=O)C(C)N(C)OC(C)(C)C)n3)ccc2n1. The number of hydrogen-bond acceptors (Lipinski definition) is 8. The first kappa shape index (κ1) is 28.8. The Labute approximate surface area is 245 Å². The molecule has 1 N–H and O–H groups in total. The number of pyridine rings is 2. The Balaban J connectivity index is 1.55. The van der Waals surface area contributed by atoms with E-state index in [0.717, 1.165) is 44.5 Å². The molecule has 0 saturated carbocycles. The van der Waals surface area contributed by atoms with Crippen molar-refractivity contribution < 1.29 is 9.63 Å². The number of fused-ring (bicyclic) bond motifs is 2. The number of hydroxylamine groups is 2. The summed E-state index contributed by atoms with van der Waals surface area (Å²) in [7, 11) is 3.59. The molecule has 4 heterocycles. The van der Waals surface area contributed by atoms with Crippen molar-refractivity contribution in [2.75, 3.05) is 12.4 Å². The van der Waals surface area contributed by atoms with Crippen molar-refractivity contribution >= 4 is 33.7 Å². The number of likely N-dealkylation sites (N-methyl/N-ethyl adjacent to an activating group) is 1. The number of rotatable bonds is 5. The maximum Gasteiger partial charge on any atom is 0.244 e. The first-order valence-corrected chi connectivity index (χ1v) is 13.7. The highest BCUT2D eigenvalue weighted by atomic mass is 16.7. The maximum absolute atomic E-state index is 13.2. The van der Waals surface area contributed by atoms with Crippen LogP contribution in [0.4, 0.5) is 5.82 Å². The molecular weight excluding hydrogens is 528 g/mol. The van der Waals surface area contributed by atoms with E-state index in [0.29, 0.717) is 17.2 Å². The first-order valence-electron chi connectivity index (χ1n) is 13.7. The Kier molecular flexibility index (Phi) is 7.73. The fraction of sp³-hybridized carbons (Fsp3) is 0.312. The first-order chi connectivity index (χ1) is 19.9. The summed E-state index contributed by atoms with van der Waals surface area (Å²) in [6, 6.07) is 13.0. The van der Waals surface area contributed by atoms with E-state index in [-0.39, 0.29) is 5.91 Å². The number of aromatic nitrogens is 6. The predicted octanol–water partition coefficient (Wildman–Crippen LogP) is 4.98. The molecule has 5 aromatic rings. The third-order valence-corrected chi connectivity index (χ3v) is 6.64. The van der Waals surface area contributed by atoms with Gasteiger partial charge in [-0.05, 0) is 83.9 Å². The van der Waals surface area contributed by atoms with Gasteiger partial charge in [-0.25, -0.2) is 15.0 Å². The van der Waals surface area contributed by atoms with Gasteiger partial charge in [-0.3, -0.25) is 19.3 Å². The summed E-state index contributed by atoms with van der Waals surface area (Å²) in [5.41, 5.74) is 6.46. The lowest BCUT2D eigenvalue weighted by Crippen LogP contribution is -2.43. The second-order valence-electron chi connectivity index (χ2n) is 11.3. The van der Waals surface area contributed by atoms with Crippen molar-refractivity contribution in [2.45, 2.75) is 53.2 Å². The molecule has 0 spiro atoms. The van der Waals surface area contributed by atoms with Crippen molar-refractivity contribution in [3.63, 3.8) is 0 Å². The van der Waals surface area contributed by atoms with Gasteiger partial charge >= 0.3 is 0 Å². The van der Waals surface area contributed by atoms with Gasteiger partial charge < -0.3 is 5.32 Å². The highest BCUT2D eigenvalue weighted by Crippen LogP contribution is 2.28. The van der Waals surface area contributed by atoms with Crippen molar-refractivity contribution in [2.24, 2.45) is 7.05 Å². The average Bonchev–Trinajstić information content (AvgIpc) is 3.23. The van der Waals surface area contributed by atoms with Gasteiger partial charge in [0.1, 0.15) is 34.9 Å². The topological polar surface area (TPSA) is 111 Å². The minimum absolute atomic E-state index is 0.271. The third-order valence-electron chi connectivity index (χ3n) is 6.64. The van der Waals surface area contributed by atoms with E-state index in [2.05, 4.69) is 42.2 Å². The molecule has 1 atom stereocenters. The van der Waals surface area contributed by atoms with E-state index in [9.17, 15) is 4.79 Å². The summed E-state index contributed by atoms with van der Waals surface area (Å²) in [6.07, 6.45) is 1.52. The minimum atomic E-state index is -0.579. The monoisotopic (exact) mass is 562 g/mol. The Hall–Kier alpha value is -4.72. The molecule has 10 heteroatoms. The molecule has 1 unspecified atom stereocenters. The van der Waals surface area contributed by atoms with Gasteiger partial charge in [0.05, 0.1) is 22.5 Å². The van der Waals surface area contributed by atoms with Crippen LogP contribution in [0.25, 0.3) is 33.2 Å². The molecule has 0 aliphatic heterocycles. The highest BCUT2D eigenvalue weighted by molar-refractivity contribution is 5.95. The zero-order valence-electron chi connectivity index (χ0n) is 25.1. The summed E-state index contributed by atoms with van der Waals surface area (Å²) in [6.45, 7) is 11.4. The summed E-state index contributed by atoms with van der Waals surface area (Å²) < 4.78 is 1.76. The number of nitrogens with one attached hydrogen (secondary N) is 1. The fourth-order valence-corrected chi connectivity index (χ4v) is 4.63. The zero-order chi connectivity index (χ0) is 30.2. The van der Waals surface area contributed by atoms with Gasteiger partial charge in [0.25, 0.3) is 0 Å². The molecule has 4 aromatic heterocycles. The van der Waals surface area contributed by atoms with Crippen LogP contribution in [-0.4, -0.2) is 59.4 Å². The molecule has 0 aliphatic carbocycles. The second kappa shape index (κ2) is 11.3. The van der Waals surface area contributed by atoms with Crippen LogP contribution in [-0.2, 0) is 16.7 Å². The van der Waals surface area contributed by atoms with E-state index in [1.807, 2.05) is 78.1 Å². The molecule has 0 saturated heterocycles. The van der Waals surface area contributed by atoms with Crippen LogP contribution in [0.2, 0.25) is 0 Å². The van der Waals surface area contributed by atoms with Crippen molar-refractivity contribution in [3.8, 4) is 23.1 Å². The number of benzene rings is 1. The number of nitrogens with zero attached hydrogens (tertiary/aromatic N) is 7. The van der Waals surface area contributed by atoms with Crippen molar-refractivity contribution in [3.05, 3.63) is 71.4 Å². The standard InChI is InChI=1S/C32H34N8O2/c1-19-9-12-23-15-22(11-14-26(23)35-19)10-13-25-16-24(29-30-28(33-18-34-29)20(2)38-39(30)7)17-27(36-25)37-31(41)21(3)40(8)42-32(4,5)6/h9,11-12,14-18,21H,1-8H3,(H,36,37,41). The van der Waals surface area contributed by atoms with Crippen LogP contribution < -0.4 is 5.32 Å². The molecule has 0 bridgehead atoms. The van der Waals surface area contributed by atoms with Crippen LogP contribution in [0, 0.1) is 25.7 Å². The third kappa shape index (κ3) is 6.28. The van der Waals surface area contributed by atoms with E-state index < -0.39 is 11.6 Å². The summed E-state index contributed by atoms with van der Waals surface area (Å²) in [5.74, 6) is 6.47. The lowest BCUT2D eigenvalue weighted by Gasteiger charge is -2.30. The van der Waals surface area contributed by atoms with Gasteiger partial charge in [0.15, 0.2) is 0 Å². The molecule has 1 amide bonds. The number of aryl methyl sites for hydroxylation is 3. The Bertz CT molecular complexity index is 1880. The largest absolute Gasteiger partial charge is 0.309 e. The average molecular weight is 563 g/mol. The maximum atomic E-state index is 13.2. The van der Waals surface area contributed by atoms with Gasteiger partial charge in [0.2, 0.25) is 5.91 Å². The normalized spacial score (nSPS) is 12.4. The number of hydrogen-bond donors (Lipinski definition) is 1. The number of amides is 1. The van der Waals surface area contributed by atoms with Gasteiger partial charge in [-0.1, -0.05) is 12.0 Å². The Morgan fingerprint density at radius 1 is 1.05 bits per heavy atom. The van der Waals surface area contributed by atoms with Crippen LogP contribution in [0.5, 0.6) is 0 Å². The predicted molar refractivity (Wildman–Crippen MR) is 163 cm³/mol. The Morgan fingerprint density at radius 2 is 1.83 bits per heavy atom. The molecule has 0 fully saturated rings. The fourth-order valence-electron chi connectivity index (χ4n) is 4.63.